The Hall–Kier alpha value is -2.20. The van der Waals surface area contributed by atoms with E-state index in [-0.39, 0.29) is 41.8 Å². The first-order chi connectivity index (χ1) is 18.7. The Morgan fingerprint density at radius 1 is 0.900 bits per heavy atom. The van der Waals surface area contributed by atoms with Crippen LogP contribution < -0.4 is 5.32 Å². The van der Waals surface area contributed by atoms with E-state index >= 15 is 0 Å². The molecule has 3 fully saturated rings. The molecule has 0 radical (unpaired) electrons. The van der Waals surface area contributed by atoms with E-state index in [2.05, 4.69) is 29.0 Å². The topological polar surface area (TPSA) is 113 Å². The number of carbonyl (C=O) groups excluding carboxylic acids is 3. The average Bonchev–Trinajstić information content (AvgIpc) is 3.39. The van der Waals surface area contributed by atoms with Crippen LogP contribution in [0.2, 0.25) is 0 Å². The molecular weight excluding hydrogens is 510 g/mol. The molecule has 0 aromatic carbocycles. The van der Waals surface area contributed by atoms with Crippen molar-refractivity contribution >= 4 is 23.7 Å². The summed E-state index contributed by atoms with van der Waals surface area (Å²) in [5.41, 5.74) is -0.485. The fraction of sp³-hybridized carbons (Fsp3) is 0.867. The Morgan fingerprint density at radius 2 is 1.50 bits per heavy atom. The number of carboxylic acid groups (broad SMARTS) is 1. The van der Waals surface area contributed by atoms with Gasteiger partial charge >= 0.3 is 5.97 Å². The monoisotopic (exact) mass is 563 g/mol. The van der Waals surface area contributed by atoms with Gasteiger partial charge in [-0.25, -0.2) is 4.79 Å². The number of hydrogen-bond acceptors (Lipinski definition) is 6. The summed E-state index contributed by atoms with van der Waals surface area (Å²) < 4.78 is 0. The van der Waals surface area contributed by atoms with Crippen molar-refractivity contribution in [2.45, 2.75) is 116 Å². The number of aliphatic carboxylic acids is 1. The van der Waals surface area contributed by atoms with Crippen LogP contribution in [0.3, 0.4) is 0 Å². The molecule has 10 heteroatoms. The molecule has 3 unspecified atom stereocenters. The number of hydrogen-bond donors (Lipinski definition) is 2. The zero-order valence-corrected chi connectivity index (χ0v) is 25.8. The molecule has 3 saturated heterocycles. The highest BCUT2D eigenvalue weighted by Gasteiger charge is 2.43. The maximum atomic E-state index is 14.1. The molecule has 10 nitrogen and oxygen atoms in total. The second-order valence-corrected chi connectivity index (χ2v) is 13.6. The average molecular weight is 564 g/mol. The van der Waals surface area contributed by atoms with Gasteiger partial charge in [0.15, 0.2) is 0 Å². The summed E-state index contributed by atoms with van der Waals surface area (Å²) >= 11 is 0. The summed E-state index contributed by atoms with van der Waals surface area (Å²) in [4.78, 5) is 60.3. The fourth-order valence-corrected chi connectivity index (χ4v) is 6.65. The van der Waals surface area contributed by atoms with Gasteiger partial charge in [-0.3, -0.25) is 24.2 Å². The SMILES string of the molecule is CC(C)[C@@H](CN1CCCCC1C(=O)N1CCC[C@H]1C(=O)O)N(C)C(=O)C(NC(=O)C1CCCCN1C)C(C)(C)C. The van der Waals surface area contributed by atoms with Crippen molar-refractivity contribution in [1.29, 1.82) is 0 Å². The van der Waals surface area contributed by atoms with E-state index in [0.29, 0.717) is 32.4 Å². The lowest BCUT2D eigenvalue weighted by Crippen LogP contribution is -2.62. The molecule has 5 atom stereocenters. The molecule has 3 aliphatic heterocycles. The molecule has 228 valence electrons. The third-order valence-corrected chi connectivity index (χ3v) is 9.23. The Kier molecular flexibility index (Phi) is 11.0. The molecule has 3 amide bonds. The van der Waals surface area contributed by atoms with Crippen LogP contribution in [0.25, 0.3) is 0 Å². The van der Waals surface area contributed by atoms with Gasteiger partial charge in [0.1, 0.15) is 12.1 Å². The second kappa shape index (κ2) is 13.6. The van der Waals surface area contributed by atoms with Gasteiger partial charge in [-0.1, -0.05) is 47.5 Å². The number of amides is 3. The molecule has 0 aliphatic carbocycles. The number of carboxylic acids is 1. The fourth-order valence-electron chi connectivity index (χ4n) is 6.65. The van der Waals surface area contributed by atoms with E-state index in [4.69, 9.17) is 0 Å². The van der Waals surface area contributed by atoms with Gasteiger partial charge in [0, 0.05) is 26.2 Å². The number of likely N-dealkylation sites (N-methyl/N-ethyl adjacent to an activating group) is 2. The number of nitrogens with zero attached hydrogens (tertiary/aromatic N) is 4. The van der Waals surface area contributed by atoms with Crippen LogP contribution in [-0.4, -0.2) is 119 Å². The van der Waals surface area contributed by atoms with E-state index in [9.17, 15) is 24.3 Å². The number of carbonyl (C=O) groups is 4. The smallest absolute Gasteiger partial charge is 0.326 e. The Morgan fingerprint density at radius 3 is 2.08 bits per heavy atom. The third kappa shape index (κ3) is 7.55. The normalized spacial score (nSPS) is 26.4. The number of piperidine rings is 2. The highest BCUT2D eigenvalue weighted by molar-refractivity contribution is 5.90. The van der Waals surface area contributed by atoms with Crippen LogP contribution in [0.1, 0.15) is 86.0 Å². The molecule has 2 N–H and O–H groups in total. The maximum absolute atomic E-state index is 14.1. The lowest BCUT2D eigenvalue weighted by atomic mass is 9.84. The minimum absolute atomic E-state index is 0.0924. The number of nitrogens with one attached hydrogen (secondary N) is 1. The molecule has 0 aromatic rings. The maximum Gasteiger partial charge on any atom is 0.326 e. The van der Waals surface area contributed by atoms with E-state index in [1.807, 2.05) is 34.9 Å². The molecule has 3 aliphatic rings. The first-order valence-corrected chi connectivity index (χ1v) is 15.3. The van der Waals surface area contributed by atoms with Crippen molar-refractivity contribution in [3.05, 3.63) is 0 Å². The highest BCUT2D eigenvalue weighted by Crippen LogP contribution is 2.28. The standard InChI is InChI=1S/C30H53N5O5/c1-20(2)24(19-34-17-11-9-14-22(34)27(37)35-18-12-15-23(35)29(39)40)33(7)28(38)25(30(3,4)5)31-26(36)21-13-8-10-16-32(21)6/h20-25H,8-19H2,1-7H3,(H,31,36)(H,39,40)/t21?,22?,23-,24+,25?/m0/s1. The lowest BCUT2D eigenvalue weighted by molar-refractivity contribution is -0.151. The molecule has 3 heterocycles. The zero-order valence-electron chi connectivity index (χ0n) is 25.8. The van der Waals surface area contributed by atoms with Crippen LogP contribution in [0.4, 0.5) is 0 Å². The minimum Gasteiger partial charge on any atom is -0.480 e. The summed E-state index contributed by atoms with van der Waals surface area (Å²) in [7, 11) is 3.78. The van der Waals surface area contributed by atoms with Crippen LogP contribution >= 0.6 is 0 Å². The molecule has 0 aromatic heterocycles. The van der Waals surface area contributed by atoms with Crippen LogP contribution in [0, 0.1) is 11.3 Å². The van der Waals surface area contributed by atoms with Gasteiger partial charge in [-0.15, -0.1) is 0 Å². The molecular formula is C30H53N5O5. The second-order valence-electron chi connectivity index (χ2n) is 13.6. The molecule has 3 rings (SSSR count). The van der Waals surface area contributed by atoms with Gasteiger partial charge in [-0.2, -0.15) is 0 Å². The predicted molar refractivity (Wildman–Crippen MR) is 155 cm³/mol. The van der Waals surface area contributed by atoms with Crippen molar-refractivity contribution in [2.24, 2.45) is 11.3 Å². The quantitative estimate of drug-likeness (QED) is 0.443. The van der Waals surface area contributed by atoms with Crippen molar-refractivity contribution in [3.63, 3.8) is 0 Å². The first kappa shape index (κ1) is 32.3. The lowest BCUT2D eigenvalue weighted by Gasteiger charge is -2.44. The van der Waals surface area contributed by atoms with Gasteiger partial charge in [0.05, 0.1) is 12.1 Å². The first-order valence-electron chi connectivity index (χ1n) is 15.3. The highest BCUT2D eigenvalue weighted by atomic mass is 16.4. The van der Waals surface area contributed by atoms with Crippen LogP contribution in [0.5, 0.6) is 0 Å². The molecule has 0 bridgehead atoms. The van der Waals surface area contributed by atoms with Gasteiger partial charge in [0.2, 0.25) is 17.7 Å². The van der Waals surface area contributed by atoms with Crippen molar-refractivity contribution in [1.82, 2.24) is 24.9 Å². The summed E-state index contributed by atoms with van der Waals surface area (Å²) in [6.07, 6.45) is 6.66. The number of rotatable bonds is 9. The molecule has 0 saturated carbocycles. The van der Waals surface area contributed by atoms with Crippen molar-refractivity contribution in [2.75, 3.05) is 40.3 Å². The zero-order chi connectivity index (χ0) is 29.8. The Balaban J connectivity index is 1.77. The Bertz CT molecular complexity index is 919. The van der Waals surface area contributed by atoms with E-state index in [1.165, 1.54) is 0 Å². The van der Waals surface area contributed by atoms with Crippen molar-refractivity contribution < 1.29 is 24.3 Å². The van der Waals surface area contributed by atoms with E-state index in [0.717, 1.165) is 45.2 Å². The molecule has 40 heavy (non-hydrogen) atoms. The predicted octanol–water partition coefficient (Wildman–Crippen LogP) is 2.41. The summed E-state index contributed by atoms with van der Waals surface area (Å²) in [5, 5.41) is 12.8. The van der Waals surface area contributed by atoms with Crippen molar-refractivity contribution in [3.8, 4) is 0 Å². The van der Waals surface area contributed by atoms with E-state index in [1.54, 1.807) is 9.80 Å². The Labute approximate surface area is 240 Å². The minimum atomic E-state index is -0.937. The van der Waals surface area contributed by atoms with Crippen LogP contribution in [0.15, 0.2) is 0 Å². The summed E-state index contributed by atoms with van der Waals surface area (Å²) in [5.74, 6) is -1.13. The van der Waals surface area contributed by atoms with E-state index < -0.39 is 23.5 Å². The van der Waals surface area contributed by atoms with Crippen LogP contribution in [-0.2, 0) is 19.2 Å². The summed E-state index contributed by atoms with van der Waals surface area (Å²) in [6.45, 7) is 12.7. The largest absolute Gasteiger partial charge is 0.480 e. The van der Waals surface area contributed by atoms with Gasteiger partial charge < -0.3 is 20.2 Å². The summed E-state index contributed by atoms with van der Waals surface area (Å²) in [6, 6.07) is -2.20. The van der Waals surface area contributed by atoms with Gasteiger partial charge in [0.25, 0.3) is 0 Å². The number of likely N-dealkylation sites (tertiary alicyclic amines) is 3. The van der Waals surface area contributed by atoms with Gasteiger partial charge in [-0.05, 0) is 70.0 Å². The molecule has 0 spiro atoms. The third-order valence-electron chi connectivity index (χ3n) is 9.23.